The van der Waals surface area contributed by atoms with Crippen molar-refractivity contribution in [2.24, 2.45) is 0 Å². The summed E-state index contributed by atoms with van der Waals surface area (Å²) in [6.07, 6.45) is -0.143. The van der Waals surface area contributed by atoms with Gasteiger partial charge in [0.05, 0.1) is 0 Å². The maximum absolute atomic E-state index is 9.70. The molecule has 0 aliphatic carbocycles. The van der Waals surface area contributed by atoms with Crippen molar-refractivity contribution in [2.75, 3.05) is 0 Å². The van der Waals surface area contributed by atoms with Gasteiger partial charge in [0.15, 0.2) is 0 Å². The van der Waals surface area contributed by atoms with E-state index in [4.69, 9.17) is 10.2 Å². The molecule has 0 saturated heterocycles. The highest BCUT2D eigenvalue weighted by Gasteiger charge is 2.15. The second kappa shape index (κ2) is 6.12. The van der Waals surface area contributed by atoms with Crippen LogP contribution in [0.25, 0.3) is 0 Å². The van der Waals surface area contributed by atoms with Crippen molar-refractivity contribution < 1.29 is 19.7 Å². The van der Waals surface area contributed by atoms with Crippen LogP contribution in [0.4, 0.5) is 0 Å². The molecule has 0 radical (unpaired) electrons. The lowest BCUT2D eigenvalue weighted by atomic mass is 10.1. The average molecular weight is 162 g/mol. The Hall–Kier alpha value is -0.610. The summed E-state index contributed by atoms with van der Waals surface area (Å²) in [5.41, 5.74) is 0. The van der Waals surface area contributed by atoms with Crippen LogP contribution in [-0.4, -0.2) is 29.1 Å². The molecule has 0 rings (SSSR count). The summed E-state index contributed by atoms with van der Waals surface area (Å²) in [7, 11) is 0. The molecule has 0 aliphatic rings. The summed E-state index contributed by atoms with van der Waals surface area (Å²) in [6.45, 7) is 2.10. The van der Waals surface area contributed by atoms with E-state index in [-0.39, 0.29) is 6.47 Å². The average Bonchev–Trinajstić information content (AvgIpc) is 2.00. The fraction of sp³-hybridized carbons (Fsp3) is 0.857. The molecule has 66 valence electrons. The first-order chi connectivity index (χ1) is 5.22. The zero-order valence-corrected chi connectivity index (χ0v) is 6.56. The summed E-state index contributed by atoms with van der Waals surface area (Å²) >= 11 is 0. The minimum Gasteiger partial charge on any atom is -0.435 e. The van der Waals surface area contributed by atoms with Crippen LogP contribution in [0.3, 0.4) is 0 Å². The van der Waals surface area contributed by atoms with Gasteiger partial charge in [-0.3, -0.25) is 4.79 Å². The predicted octanol–water partition coefficient (Wildman–Crippen LogP) is 0.0289. The molecule has 4 nitrogen and oxygen atoms in total. The Labute approximate surface area is 65.8 Å². The summed E-state index contributed by atoms with van der Waals surface area (Å²) in [4.78, 5) is 9.70. The first kappa shape index (κ1) is 10.4. The number of ether oxygens (including phenoxy) is 1. The van der Waals surface area contributed by atoms with Crippen molar-refractivity contribution in [1.82, 2.24) is 0 Å². The van der Waals surface area contributed by atoms with E-state index >= 15 is 0 Å². The van der Waals surface area contributed by atoms with E-state index in [2.05, 4.69) is 4.74 Å². The third-order valence-corrected chi connectivity index (χ3v) is 1.38. The molecule has 2 unspecified atom stereocenters. The van der Waals surface area contributed by atoms with Crippen LogP contribution in [0, 0.1) is 0 Å². The van der Waals surface area contributed by atoms with Gasteiger partial charge in [-0.05, 0) is 6.42 Å². The van der Waals surface area contributed by atoms with Gasteiger partial charge in [0.25, 0.3) is 6.47 Å². The Kier molecular flexibility index (Phi) is 5.78. The van der Waals surface area contributed by atoms with Crippen molar-refractivity contribution in [2.45, 2.75) is 38.6 Å². The number of hydrogen-bond donors (Lipinski definition) is 2. The van der Waals surface area contributed by atoms with Crippen LogP contribution in [0.1, 0.15) is 26.2 Å². The third-order valence-electron chi connectivity index (χ3n) is 1.38. The van der Waals surface area contributed by atoms with Gasteiger partial charge in [0, 0.05) is 0 Å². The second-order valence-corrected chi connectivity index (χ2v) is 2.33. The maximum Gasteiger partial charge on any atom is 0.295 e. The van der Waals surface area contributed by atoms with Crippen molar-refractivity contribution in [3.05, 3.63) is 0 Å². The lowest BCUT2D eigenvalue weighted by Crippen LogP contribution is -2.28. The summed E-state index contributed by atoms with van der Waals surface area (Å²) in [5, 5.41) is 17.9. The monoisotopic (exact) mass is 162 g/mol. The van der Waals surface area contributed by atoms with Gasteiger partial charge < -0.3 is 14.9 Å². The van der Waals surface area contributed by atoms with E-state index in [1.54, 1.807) is 0 Å². The molecule has 4 heteroatoms. The van der Waals surface area contributed by atoms with Gasteiger partial charge in [-0.15, -0.1) is 0 Å². The highest BCUT2D eigenvalue weighted by molar-refractivity contribution is 5.37. The molecule has 0 heterocycles. The zero-order chi connectivity index (χ0) is 8.69. The van der Waals surface area contributed by atoms with Crippen molar-refractivity contribution in [3.63, 3.8) is 0 Å². The van der Waals surface area contributed by atoms with E-state index in [1.807, 2.05) is 6.92 Å². The van der Waals surface area contributed by atoms with Crippen LogP contribution < -0.4 is 0 Å². The third kappa shape index (κ3) is 4.75. The number of hydrogen-bond acceptors (Lipinski definition) is 4. The molecule has 2 N–H and O–H groups in total. The first-order valence-electron chi connectivity index (χ1n) is 3.67. The summed E-state index contributed by atoms with van der Waals surface area (Å²) in [5.74, 6) is 0. The quantitative estimate of drug-likeness (QED) is 0.427. The van der Waals surface area contributed by atoms with Gasteiger partial charge in [-0.25, -0.2) is 0 Å². The molecular formula is C7H14O4. The topological polar surface area (TPSA) is 66.8 Å². The Morgan fingerprint density at radius 3 is 2.64 bits per heavy atom. The van der Waals surface area contributed by atoms with E-state index < -0.39 is 12.4 Å². The lowest BCUT2D eigenvalue weighted by molar-refractivity contribution is -0.173. The highest BCUT2D eigenvalue weighted by atomic mass is 16.6. The number of unbranched alkanes of at least 4 members (excludes halogenated alkanes) is 1. The summed E-state index contributed by atoms with van der Waals surface area (Å²) < 4.78 is 4.13. The molecule has 0 fully saturated rings. The fourth-order valence-electron chi connectivity index (χ4n) is 0.703. The van der Waals surface area contributed by atoms with Gasteiger partial charge >= 0.3 is 0 Å². The Balaban J connectivity index is 3.45. The van der Waals surface area contributed by atoms with Gasteiger partial charge in [0.1, 0.15) is 6.10 Å². The number of aliphatic hydroxyl groups excluding tert-OH is 2. The molecule has 0 aromatic rings. The van der Waals surface area contributed by atoms with Crippen LogP contribution in [0.5, 0.6) is 0 Å². The second-order valence-electron chi connectivity index (χ2n) is 2.33. The van der Waals surface area contributed by atoms with Crippen LogP contribution in [-0.2, 0) is 9.53 Å². The number of carbonyl (C=O) groups excluding carboxylic acids is 1. The predicted molar refractivity (Wildman–Crippen MR) is 38.7 cm³/mol. The molecule has 0 spiro atoms. The van der Waals surface area contributed by atoms with Crippen LogP contribution >= 0.6 is 0 Å². The van der Waals surface area contributed by atoms with E-state index in [1.165, 1.54) is 0 Å². The molecule has 0 bridgehead atoms. The van der Waals surface area contributed by atoms with Crippen molar-refractivity contribution in [3.8, 4) is 0 Å². The fourth-order valence-corrected chi connectivity index (χ4v) is 0.703. The normalized spacial score (nSPS) is 15.5. The highest BCUT2D eigenvalue weighted by Crippen LogP contribution is 2.04. The SMILES string of the molecule is CCCCC(O)C(O)OC=O. The number of rotatable bonds is 6. The lowest BCUT2D eigenvalue weighted by Gasteiger charge is -2.14. The minimum atomic E-state index is -1.38. The molecule has 0 saturated carbocycles. The van der Waals surface area contributed by atoms with Crippen molar-refractivity contribution in [1.29, 1.82) is 0 Å². The number of aliphatic hydroxyl groups is 2. The Morgan fingerprint density at radius 2 is 2.18 bits per heavy atom. The van der Waals surface area contributed by atoms with Gasteiger partial charge in [-0.2, -0.15) is 0 Å². The van der Waals surface area contributed by atoms with Crippen LogP contribution in [0.15, 0.2) is 0 Å². The standard InChI is InChI=1S/C7H14O4/c1-2-3-4-6(9)7(10)11-5-8/h5-7,9-10H,2-4H2,1H3. The zero-order valence-electron chi connectivity index (χ0n) is 6.56. The molecule has 0 aliphatic heterocycles. The molecule has 2 atom stereocenters. The summed E-state index contributed by atoms with van der Waals surface area (Å²) in [6, 6.07) is 0. The molecule has 0 aromatic carbocycles. The smallest absolute Gasteiger partial charge is 0.295 e. The van der Waals surface area contributed by atoms with E-state index in [0.717, 1.165) is 12.8 Å². The first-order valence-corrected chi connectivity index (χ1v) is 3.67. The Morgan fingerprint density at radius 1 is 1.55 bits per heavy atom. The van der Waals surface area contributed by atoms with Gasteiger partial charge in [-0.1, -0.05) is 19.8 Å². The van der Waals surface area contributed by atoms with Crippen LogP contribution in [0.2, 0.25) is 0 Å². The van der Waals surface area contributed by atoms with E-state index in [0.29, 0.717) is 6.42 Å². The maximum atomic E-state index is 9.70. The molecule has 0 amide bonds. The minimum absolute atomic E-state index is 0.125. The molecular weight excluding hydrogens is 148 g/mol. The Bertz CT molecular complexity index is 105. The van der Waals surface area contributed by atoms with E-state index in [9.17, 15) is 4.79 Å². The number of carbonyl (C=O) groups is 1. The molecule has 0 aromatic heterocycles. The van der Waals surface area contributed by atoms with Crippen molar-refractivity contribution >= 4 is 6.47 Å². The molecule has 11 heavy (non-hydrogen) atoms. The largest absolute Gasteiger partial charge is 0.435 e. The van der Waals surface area contributed by atoms with Gasteiger partial charge in [0.2, 0.25) is 6.29 Å².